The molecule has 10 heteroatoms. The molecule has 0 aliphatic carbocycles. The average molecular weight is 399 g/mol. The molecule has 0 saturated carbocycles. The third-order valence-corrected chi connectivity index (χ3v) is 5.41. The highest BCUT2D eigenvalue weighted by atomic mass is 32.2. The molecule has 1 aliphatic rings. The van der Waals surface area contributed by atoms with Crippen molar-refractivity contribution < 1.29 is 23.2 Å². The summed E-state index contributed by atoms with van der Waals surface area (Å²) in [6, 6.07) is 14.4. The quantitative estimate of drug-likeness (QED) is 0.269. The highest BCUT2D eigenvalue weighted by molar-refractivity contribution is 7.92. The number of nitro benzene ring substituents is 1. The van der Waals surface area contributed by atoms with Gasteiger partial charge in [-0.05, 0) is 36.4 Å². The van der Waals surface area contributed by atoms with Crippen molar-refractivity contribution in [2.24, 2.45) is 0 Å². The van der Waals surface area contributed by atoms with Gasteiger partial charge in [-0.1, -0.05) is 12.1 Å². The largest absolute Gasteiger partial charge is 0.508 e. The first-order chi connectivity index (χ1) is 13.3. The van der Waals surface area contributed by atoms with Crippen molar-refractivity contribution in [3.05, 3.63) is 70.8 Å². The molecular weight excluding hydrogens is 386 g/mol. The van der Waals surface area contributed by atoms with Gasteiger partial charge in [-0.25, -0.2) is 8.42 Å². The third kappa shape index (κ3) is 3.16. The maximum absolute atomic E-state index is 12.7. The Labute approximate surface area is 159 Å². The number of nitro groups is 1. The first-order valence-corrected chi connectivity index (χ1v) is 9.50. The number of benzene rings is 3. The lowest BCUT2D eigenvalue weighted by Crippen LogP contribution is -2.14. The van der Waals surface area contributed by atoms with Gasteiger partial charge in [0.05, 0.1) is 15.5 Å². The zero-order valence-electron chi connectivity index (χ0n) is 14.1. The molecule has 9 nitrogen and oxygen atoms in total. The Hall–Kier alpha value is -3.79. The van der Waals surface area contributed by atoms with Crippen LogP contribution in [0.1, 0.15) is 0 Å². The van der Waals surface area contributed by atoms with E-state index in [0.29, 0.717) is 11.4 Å². The second-order valence-corrected chi connectivity index (χ2v) is 7.63. The third-order valence-electron chi connectivity index (χ3n) is 4.05. The van der Waals surface area contributed by atoms with Gasteiger partial charge < -0.3 is 15.2 Å². The summed E-state index contributed by atoms with van der Waals surface area (Å²) >= 11 is 0. The van der Waals surface area contributed by atoms with Gasteiger partial charge in [-0.3, -0.25) is 14.8 Å². The lowest BCUT2D eigenvalue weighted by Gasteiger charge is -2.22. The van der Waals surface area contributed by atoms with E-state index in [1.54, 1.807) is 24.3 Å². The van der Waals surface area contributed by atoms with Gasteiger partial charge in [-0.15, -0.1) is 0 Å². The van der Waals surface area contributed by atoms with Crippen molar-refractivity contribution in [2.75, 3.05) is 10.0 Å². The zero-order valence-corrected chi connectivity index (χ0v) is 14.9. The number of nitrogens with zero attached hydrogens (tertiary/aromatic N) is 1. The maximum atomic E-state index is 12.7. The number of phenolic OH excluding ortho intramolecular Hbond substituents is 1. The number of phenols is 1. The van der Waals surface area contributed by atoms with Gasteiger partial charge in [-0.2, -0.15) is 0 Å². The zero-order chi connectivity index (χ0) is 19.9. The predicted octanol–water partition coefficient (Wildman–Crippen LogP) is 3.95. The van der Waals surface area contributed by atoms with Crippen LogP contribution in [-0.4, -0.2) is 18.4 Å². The molecule has 142 valence electrons. The summed E-state index contributed by atoms with van der Waals surface area (Å²) in [5.74, 6) is 0.426. The van der Waals surface area contributed by atoms with Crippen LogP contribution in [0.25, 0.3) is 0 Å². The van der Waals surface area contributed by atoms with Crippen LogP contribution >= 0.6 is 0 Å². The molecular formula is C18H13N3O6S. The number of nitrogens with one attached hydrogen (secondary N) is 2. The predicted molar refractivity (Wildman–Crippen MR) is 102 cm³/mol. The minimum absolute atomic E-state index is 0.0227. The van der Waals surface area contributed by atoms with Crippen LogP contribution in [0.2, 0.25) is 0 Å². The minimum atomic E-state index is -4.14. The molecule has 1 heterocycles. The highest BCUT2D eigenvalue weighted by Gasteiger charge is 2.29. The Balaban J connectivity index is 1.78. The Kier molecular flexibility index (Phi) is 4.04. The average Bonchev–Trinajstić information content (AvgIpc) is 2.67. The van der Waals surface area contributed by atoms with Crippen LogP contribution in [0.5, 0.6) is 17.2 Å². The van der Waals surface area contributed by atoms with Crippen LogP contribution in [0.4, 0.5) is 22.7 Å². The number of aromatic hydroxyl groups is 1. The number of anilines is 3. The molecule has 0 amide bonds. The Morgan fingerprint density at radius 1 is 1.04 bits per heavy atom. The fourth-order valence-corrected chi connectivity index (χ4v) is 3.83. The molecule has 3 aromatic rings. The number of ether oxygens (including phenoxy) is 1. The molecule has 0 atom stereocenters. The molecule has 0 bridgehead atoms. The molecule has 28 heavy (non-hydrogen) atoms. The van der Waals surface area contributed by atoms with Crippen LogP contribution < -0.4 is 14.8 Å². The molecule has 3 aromatic carbocycles. The van der Waals surface area contributed by atoms with Crippen molar-refractivity contribution in [1.82, 2.24) is 0 Å². The summed E-state index contributed by atoms with van der Waals surface area (Å²) in [4.78, 5) is 10.5. The number of hydrogen-bond donors (Lipinski definition) is 3. The summed E-state index contributed by atoms with van der Waals surface area (Å²) in [6.45, 7) is 0. The van der Waals surface area contributed by atoms with Crippen molar-refractivity contribution in [2.45, 2.75) is 4.90 Å². The standard InChI is InChI=1S/C18H13N3O6S/c22-12-7-5-11(6-8-12)20-28(25,26)13-9-15(21(23)24)18-17(10-13)27-16-4-2-1-3-14(16)19-18/h1-10,19-20,22H. The second kappa shape index (κ2) is 6.43. The monoisotopic (exact) mass is 399 g/mol. The van der Waals surface area contributed by atoms with Gasteiger partial charge in [0.2, 0.25) is 0 Å². The van der Waals surface area contributed by atoms with E-state index in [-0.39, 0.29) is 27.8 Å². The summed E-state index contributed by atoms with van der Waals surface area (Å²) in [5.41, 5.74) is 0.379. The van der Waals surface area contributed by atoms with Crippen molar-refractivity contribution in [1.29, 1.82) is 0 Å². The SMILES string of the molecule is O=[N+]([O-])c1cc(S(=O)(=O)Nc2ccc(O)cc2)cc2c1Nc1ccccc1O2. The smallest absolute Gasteiger partial charge is 0.297 e. The number of rotatable bonds is 4. The van der Waals surface area contributed by atoms with Crippen molar-refractivity contribution in [3.63, 3.8) is 0 Å². The lowest BCUT2D eigenvalue weighted by atomic mass is 10.2. The molecule has 0 spiro atoms. The molecule has 3 N–H and O–H groups in total. The van der Waals surface area contributed by atoms with Gasteiger partial charge >= 0.3 is 0 Å². The van der Waals surface area contributed by atoms with Crippen molar-refractivity contribution >= 4 is 32.8 Å². The Morgan fingerprint density at radius 3 is 2.46 bits per heavy atom. The van der Waals surface area contributed by atoms with Crippen LogP contribution in [-0.2, 0) is 10.0 Å². The maximum Gasteiger partial charge on any atom is 0.297 e. The summed E-state index contributed by atoms with van der Waals surface area (Å²) < 4.78 is 33.4. The lowest BCUT2D eigenvalue weighted by molar-refractivity contribution is -0.384. The first kappa shape index (κ1) is 17.6. The van der Waals surface area contributed by atoms with Gasteiger partial charge in [0.1, 0.15) is 5.75 Å². The van der Waals surface area contributed by atoms with Crippen molar-refractivity contribution in [3.8, 4) is 17.2 Å². The number of sulfonamides is 1. The number of hydrogen-bond acceptors (Lipinski definition) is 7. The highest BCUT2D eigenvalue weighted by Crippen LogP contribution is 2.47. The molecule has 4 rings (SSSR count). The molecule has 0 radical (unpaired) electrons. The van der Waals surface area contributed by atoms with E-state index < -0.39 is 20.6 Å². The van der Waals surface area contributed by atoms with Gasteiger partial charge in [0.25, 0.3) is 15.7 Å². The van der Waals surface area contributed by atoms with Crippen LogP contribution in [0, 0.1) is 10.1 Å². The van der Waals surface area contributed by atoms with E-state index in [4.69, 9.17) is 4.74 Å². The molecule has 0 fully saturated rings. The number of fused-ring (bicyclic) bond motifs is 2. The Bertz CT molecular complexity index is 1190. The summed E-state index contributed by atoms with van der Waals surface area (Å²) in [5, 5.41) is 23.7. The normalized spacial score (nSPS) is 12.1. The van der Waals surface area contributed by atoms with E-state index in [2.05, 4.69) is 10.0 Å². The Morgan fingerprint density at radius 2 is 1.75 bits per heavy atom. The van der Waals surface area contributed by atoms with E-state index >= 15 is 0 Å². The summed E-state index contributed by atoms with van der Waals surface area (Å²) in [7, 11) is -4.14. The second-order valence-electron chi connectivity index (χ2n) is 5.95. The molecule has 0 aromatic heterocycles. The van der Waals surface area contributed by atoms with Gasteiger partial charge in [0, 0.05) is 17.8 Å². The van der Waals surface area contributed by atoms with Crippen LogP contribution in [0.15, 0.2) is 65.6 Å². The molecule has 0 unspecified atom stereocenters. The van der Waals surface area contributed by atoms with E-state index in [1.807, 2.05) is 0 Å². The number of para-hydroxylation sites is 2. The fourth-order valence-electron chi connectivity index (χ4n) is 2.74. The fraction of sp³-hybridized carbons (Fsp3) is 0. The van der Waals surface area contributed by atoms with Gasteiger partial charge in [0.15, 0.2) is 17.2 Å². The molecule has 0 saturated heterocycles. The van der Waals surface area contributed by atoms with E-state index in [0.717, 1.165) is 6.07 Å². The van der Waals surface area contributed by atoms with Crippen LogP contribution in [0.3, 0.4) is 0 Å². The minimum Gasteiger partial charge on any atom is -0.508 e. The first-order valence-electron chi connectivity index (χ1n) is 8.02. The molecule has 1 aliphatic heterocycles. The topological polar surface area (TPSA) is 131 Å². The van der Waals surface area contributed by atoms with E-state index in [1.165, 1.54) is 30.3 Å². The van der Waals surface area contributed by atoms with E-state index in [9.17, 15) is 23.6 Å². The summed E-state index contributed by atoms with van der Waals surface area (Å²) in [6.07, 6.45) is 0.